The van der Waals surface area contributed by atoms with Gasteiger partial charge in [-0.05, 0) is 33.1 Å². The van der Waals surface area contributed by atoms with Crippen molar-refractivity contribution < 1.29 is 9.59 Å². The van der Waals surface area contributed by atoms with Crippen LogP contribution in [0, 0.1) is 0 Å². The van der Waals surface area contributed by atoms with Gasteiger partial charge in [0.15, 0.2) is 0 Å². The Hall–Kier alpha value is -2.05. The molecule has 3 amide bonds. The van der Waals surface area contributed by atoms with Crippen molar-refractivity contribution in [3.63, 3.8) is 0 Å². The van der Waals surface area contributed by atoms with Crippen molar-refractivity contribution in [1.82, 2.24) is 25.1 Å². The Kier molecular flexibility index (Phi) is 4.28. The van der Waals surface area contributed by atoms with Crippen LogP contribution in [0.25, 0.3) is 0 Å². The summed E-state index contributed by atoms with van der Waals surface area (Å²) in [4.78, 5) is 35.7. The Balaban J connectivity index is 1.60. The fraction of sp³-hybridized carbons (Fsp3) is 0.688. The summed E-state index contributed by atoms with van der Waals surface area (Å²) in [6.07, 6.45) is 6.00. The molecule has 1 aromatic heterocycles. The summed E-state index contributed by atoms with van der Waals surface area (Å²) in [6.45, 7) is 6.84. The highest BCUT2D eigenvalue weighted by Crippen LogP contribution is 2.26. The van der Waals surface area contributed by atoms with Gasteiger partial charge in [-0.25, -0.2) is 9.78 Å². The van der Waals surface area contributed by atoms with Crippen molar-refractivity contribution in [3.05, 3.63) is 18.2 Å². The number of nitrogens with one attached hydrogen (secondary N) is 2. The number of hydrogen-bond acceptors (Lipinski definition) is 3. The van der Waals surface area contributed by atoms with Crippen LogP contribution in [0.1, 0.15) is 38.8 Å². The first-order valence-electron chi connectivity index (χ1n) is 8.33. The number of rotatable bonds is 3. The van der Waals surface area contributed by atoms with Crippen LogP contribution in [0.3, 0.4) is 0 Å². The zero-order valence-corrected chi connectivity index (χ0v) is 13.8. The average molecular weight is 319 g/mol. The number of hydrogen-bond donors (Lipinski definition) is 2. The molecular formula is C16H25N5O2. The van der Waals surface area contributed by atoms with Gasteiger partial charge in [0.25, 0.3) is 0 Å². The number of H-pyrrole nitrogens is 1. The quantitative estimate of drug-likeness (QED) is 0.875. The highest BCUT2D eigenvalue weighted by molar-refractivity contribution is 5.87. The van der Waals surface area contributed by atoms with E-state index in [-0.39, 0.29) is 18.0 Å². The normalized spacial score (nSPS) is 20.5. The van der Waals surface area contributed by atoms with Crippen molar-refractivity contribution >= 4 is 11.9 Å². The van der Waals surface area contributed by atoms with Crippen LogP contribution in [0.4, 0.5) is 4.79 Å². The summed E-state index contributed by atoms with van der Waals surface area (Å²) in [6, 6.07) is 0.286. The highest BCUT2D eigenvalue weighted by atomic mass is 16.2. The molecule has 0 aliphatic carbocycles. The van der Waals surface area contributed by atoms with Gasteiger partial charge in [-0.3, -0.25) is 4.79 Å². The van der Waals surface area contributed by atoms with Crippen LogP contribution >= 0.6 is 0 Å². The van der Waals surface area contributed by atoms with Gasteiger partial charge in [0.2, 0.25) is 5.91 Å². The topological polar surface area (TPSA) is 81.3 Å². The molecule has 7 nitrogen and oxygen atoms in total. The summed E-state index contributed by atoms with van der Waals surface area (Å²) in [5, 5.41) is 2.90. The lowest BCUT2D eigenvalue weighted by Crippen LogP contribution is -2.56. The summed E-state index contributed by atoms with van der Waals surface area (Å²) >= 11 is 0. The SMILES string of the molecule is CC(C)(C(=O)N1CCC(N2CCCNC2=O)CC1)c1cnc[nH]1. The Morgan fingerprint density at radius 1 is 1.30 bits per heavy atom. The molecular weight excluding hydrogens is 294 g/mol. The van der Waals surface area contributed by atoms with E-state index < -0.39 is 5.41 Å². The molecule has 0 unspecified atom stereocenters. The van der Waals surface area contributed by atoms with Gasteiger partial charge in [-0.15, -0.1) is 0 Å². The fourth-order valence-electron chi connectivity index (χ4n) is 3.48. The zero-order valence-electron chi connectivity index (χ0n) is 13.8. The Morgan fingerprint density at radius 3 is 2.65 bits per heavy atom. The van der Waals surface area contributed by atoms with Gasteiger partial charge >= 0.3 is 6.03 Å². The zero-order chi connectivity index (χ0) is 16.4. The monoisotopic (exact) mass is 319 g/mol. The average Bonchev–Trinajstić information content (AvgIpc) is 3.10. The molecule has 0 radical (unpaired) electrons. The van der Waals surface area contributed by atoms with Crippen LogP contribution in [0.5, 0.6) is 0 Å². The van der Waals surface area contributed by atoms with E-state index in [1.54, 1.807) is 12.5 Å². The molecule has 0 aromatic carbocycles. The maximum atomic E-state index is 12.9. The Morgan fingerprint density at radius 2 is 2.04 bits per heavy atom. The molecule has 0 saturated carbocycles. The number of amides is 3. The van der Waals surface area contributed by atoms with E-state index in [2.05, 4.69) is 15.3 Å². The van der Waals surface area contributed by atoms with Gasteiger partial charge in [0.1, 0.15) is 0 Å². The summed E-state index contributed by atoms with van der Waals surface area (Å²) in [5.41, 5.74) is 0.228. The van der Waals surface area contributed by atoms with E-state index in [0.29, 0.717) is 13.1 Å². The number of carbonyl (C=O) groups excluding carboxylic acids is 2. The van der Waals surface area contributed by atoms with E-state index in [1.807, 2.05) is 23.6 Å². The molecule has 3 rings (SSSR count). The van der Waals surface area contributed by atoms with Crippen molar-refractivity contribution in [2.24, 2.45) is 0 Å². The first-order valence-corrected chi connectivity index (χ1v) is 8.33. The van der Waals surface area contributed by atoms with Gasteiger partial charge in [-0.1, -0.05) is 0 Å². The molecule has 3 heterocycles. The minimum absolute atomic E-state index is 0.0406. The third kappa shape index (κ3) is 3.04. The maximum Gasteiger partial charge on any atom is 0.317 e. The predicted molar refractivity (Wildman–Crippen MR) is 85.9 cm³/mol. The number of carbonyl (C=O) groups is 2. The van der Waals surface area contributed by atoms with Crippen LogP contribution < -0.4 is 5.32 Å². The molecule has 2 aliphatic heterocycles. The molecule has 2 aliphatic rings. The van der Waals surface area contributed by atoms with Crippen LogP contribution in [0.15, 0.2) is 12.5 Å². The number of urea groups is 1. The number of piperidine rings is 1. The fourth-order valence-corrected chi connectivity index (χ4v) is 3.48. The van der Waals surface area contributed by atoms with E-state index in [4.69, 9.17) is 0 Å². The molecule has 2 N–H and O–H groups in total. The van der Waals surface area contributed by atoms with Gasteiger partial charge in [-0.2, -0.15) is 0 Å². The molecule has 0 atom stereocenters. The van der Waals surface area contributed by atoms with Crippen LogP contribution in [-0.2, 0) is 10.2 Å². The first kappa shape index (κ1) is 15.8. The standard InChI is InChI=1S/C16H25N5O2/c1-16(2,13-10-17-11-19-13)14(22)20-8-4-12(5-9-20)21-7-3-6-18-15(21)23/h10-12H,3-9H2,1-2H3,(H,17,19)(H,18,23). The van der Waals surface area contributed by atoms with Crippen molar-refractivity contribution in [2.45, 2.75) is 44.6 Å². The molecule has 2 saturated heterocycles. The number of imidazole rings is 1. The van der Waals surface area contributed by atoms with E-state index in [9.17, 15) is 9.59 Å². The molecule has 0 bridgehead atoms. The van der Waals surface area contributed by atoms with Crippen molar-refractivity contribution in [1.29, 1.82) is 0 Å². The van der Waals surface area contributed by atoms with E-state index in [1.165, 1.54) is 0 Å². The number of likely N-dealkylation sites (tertiary alicyclic amines) is 1. The van der Waals surface area contributed by atoms with Gasteiger partial charge in [0.05, 0.1) is 11.7 Å². The smallest absolute Gasteiger partial charge is 0.317 e. The Labute approximate surface area is 136 Å². The lowest BCUT2D eigenvalue weighted by molar-refractivity contribution is -0.137. The molecule has 126 valence electrons. The number of aromatic amines is 1. The Bertz CT molecular complexity index is 561. The highest BCUT2D eigenvalue weighted by Gasteiger charge is 2.38. The summed E-state index contributed by atoms with van der Waals surface area (Å²) in [7, 11) is 0. The minimum Gasteiger partial charge on any atom is -0.348 e. The third-order valence-electron chi connectivity index (χ3n) is 5.01. The lowest BCUT2D eigenvalue weighted by atomic mass is 9.87. The predicted octanol–water partition coefficient (Wildman–Crippen LogP) is 1.09. The van der Waals surface area contributed by atoms with E-state index in [0.717, 1.165) is 38.0 Å². The van der Waals surface area contributed by atoms with Gasteiger partial charge in [0, 0.05) is 44.1 Å². The first-order chi connectivity index (χ1) is 11.0. The summed E-state index contributed by atoms with van der Waals surface area (Å²) < 4.78 is 0. The molecule has 0 spiro atoms. The van der Waals surface area contributed by atoms with Crippen LogP contribution in [0.2, 0.25) is 0 Å². The third-order valence-corrected chi connectivity index (χ3v) is 5.01. The molecule has 7 heteroatoms. The second-order valence-electron chi connectivity index (χ2n) is 6.89. The molecule has 23 heavy (non-hydrogen) atoms. The van der Waals surface area contributed by atoms with Crippen molar-refractivity contribution in [3.8, 4) is 0 Å². The largest absolute Gasteiger partial charge is 0.348 e. The van der Waals surface area contributed by atoms with E-state index >= 15 is 0 Å². The number of nitrogens with zero attached hydrogens (tertiary/aromatic N) is 3. The van der Waals surface area contributed by atoms with Crippen molar-refractivity contribution in [2.75, 3.05) is 26.2 Å². The summed E-state index contributed by atoms with van der Waals surface area (Å²) in [5.74, 6) is 0.114. The van der Waals surface area contributed by atoms with Crippen LogP contribution in [-0.4, -0.2) is 63.9 Å². The second kappa shape index (κ2) is 6.22. The lowest BCUT2D eigenvalue weighted by Gasteiger charge is -2.41. The number of aromatic nitrogens is 2. The minimum atomic E-state index is -0.605. The molecule has 2 fully saturated rings. The molecule has 1 aromatic rings. The maximum absolute atomic E-state index is 12.9. The second-order valence-corrected chi connectivity index (χ2v) is 6.89. The van der Waals surface area contributed by atoms with Gasteiger partial charge < -0.3 is 20.1 Å².